The molecule has 0 aliphatic rings. The first-order valence-corrected chi connectivity index (χ1v) is 15.3. The summed E-state index contributed by atoms with van der Waals surface area (Å²) >= 11 is 0. The Bertz CT molecular complexity index is 911. The van der Waals surface area contributed by atoms with Gasteiger partial charge in [0.05, 0.1) is 0 Å². The van der Waals surface area contributed by atoms with E-state index in [4.69, 9.17) is 13.9 Å². The van der Waals surface area contributed by atoms with E-state index in [-0.39, 0.29) is 16.9 Å². The predicted octanol–water partition coefficient (Wildman–Crippen LogP) is 5.87. The molecule has 0 saturated heterocycles. The Balaban J connectivity index is 2.54. The lowest BCUT2D eigenvalue weighted by Gasteiger charge is -2.44. The van der Waals surface area contributed by atoms with E-state index in [1.807, 2.05) is 26.0 Å². The van der Waals surface area contributed by atoms with Gasteiger partial charge in [0.15, 0.2) is 0 Å². The molecule has 2 aromatic rings. The normalized spacial score (nSPS) is 12.8. The second-order valence-corrected chi connectivity index (χ2v) is 14.2. The van der Waals surface area contributed by atoms with Crippen molar-refractivity contribution < 1.29 is 18.7 Å². The van der Waals surface area contributed by atoms with Gasteiger partial charge < -0.3 is 13.9 Å². The first-order chi connectivity index (χ1) is 17.3. The van der Waals surface area contributed by atoms with Crippen LogP contribution in [0.1, 0.15) is 73.6 Å². The summed E-state index contributed by atoms with van der Waals surface area (Å²) < 4.78 is 18.2. The zero-order valence-electron chi connectivity index (χ0n) is 23.0. The molecule has 0 aromatic heterocycles. The smallest absolute Gasteiger partial charge is 0.262 e. The summed E-state index contributed by atoms with van der Waals surface area (Å²) in [4.78, 5) is 12.8. The molecule has 196 valence electrons. The number of unbranched alkanes of at least 4 members (excludes halogenated alkanes) is 3. The Morgan fingerprint density at radius 2 is 1.36 bits per heavy atom. The van der Waals surface area contributed by atoms with Crippen LogP contribution in [0.4, 0.5) is 0 Å². The van der Waals surface area contributed by atoms with E-state index in [2.05, 4.69) is 88.1 Å². The Labute approximate surface area is 219 Å². The maximum absolute atomic E-state index is 12.8. The maximum Gasteiger partial charge on any atom is 0.262 e. The van der Waals surface area contributed by atoms with E-state index in [1.54, 1.807) is 0 Å². The van der Waals surface area contributed by atoms with Crippen molar-refractivity contribution in [1.82, 2.24) is 0 Å². The molecule has 4 nitrogen and oxygen atoms in total. The van der Waals surface area contributed by atoms with Crippen LogP contribution < -0.4 is 10.4 Å². The van der Waals surface area contributed by atoms with E-state index in [0.29, 0.717) is 13.2 Å². The molecule has 0 aliphatic carbocycles. The summed E-state index contributed by atoms with van der Waals surface area (Å²) in [6.45, 7) is 13.4. The van der Waals surface area contributed by atoms with Crippen molar-refractivity contribution >= 4 is 24.5 Å². The fourth-order valence-electron chi connectivity index (χ4n) is 4.53. The molecule has 2 rings (SSSR count). The highest BCUT2D eigenvalue weighted by molar-refractivity contribution is 6.99. The van der Waals surface area contributed by atoms with Crippen LogP contribution >= 0.6 is 0 Å². The molecule has 0 fully saturated rings. The van der Waals surface area contributed by atoms with Crippen molar-refractivity contribution in [3.63, 3.8) is 0 Å². The standard InChI is InChI=1S/C31H44O4Si/c1-7-10-11-14-19-26(24-25-29(32)30(33-8-2)34-9-3)35-36(31(4,5)6,27-20-15-12-16-21-27)28-22-17-13-18-23-28/h12-13,15-18,20-23,26,30H,7-11,14,19H2,1-6H3. The van der Waals surface area contributed by atoms with Crippen molar-refractivity contribution in [2.45, 2.75) is 91.1 Å². The molecule has 0 bridgehead atoms. The SMILES string of the molecule is CCCCCCC(C#CC(=O)C(OCC)OCC)O[Si](c1ccccc1)(c1ccccc1)C(C)(C)C. The van der Waals surface area contributed by atoms with E-state index < -0.39 is 14.6 Å². The van der Waals surface area contributed by atoms with Crippen LogP contribution in [0.25, 0.3) is 0 Å². The molecule has 0 saturated carbocycles. The number of rotatable bonds is 14. The fraction of sp³-hybridized carbons (Fsp3) is 0.516. The molecule has 0 amide bonds. The zero-order chi connectivity index (χ0) is 26.4. The Kier molecular flexibility index (Phi) is 12.6. The van der Waals surface area contributed by atoms with Crippen LogP contribution in [0, 0.1) is 11.8 Å². The van der Waals surface area contributed by atoms with Gasteiger partial charge in [0.25, 0.3) is 14.1 Å². The molecule has 0 N–H and O–H groups in total. The third-order valence-corrected chi connectivity index (χ3v) is 11.3. The second kappa shape index (κ2) is 15.1. The van der Waals surface area contributed by atoms with Gasteiger partial charge in [0, 0.05) is 13.2 Å². The van der Waals surface area contributed by atoms with Crippen LogP contribution in [0.15, 0.2) is 60.7 Å². The highest BCUT2D eigenvalue weighted by Crippen LogP contribution is 2.38. The summed E-state index contributed by atoms with van der Waals surface area (Å²) in [5.74, 6) is 5.68. The quantitative estimate of drug-likeness (QED) is 0.105. The minimum Gasteiger partial charge on any atom is -0.394 e. The lowest BCUT2D eigenvalue weighted by Crippen LogP contribution is -2.67. The number of ketones is 1. The summed E-state index contributed by atoms with van der Waals surface area (Å²) in [5, 5.41) is 2.25. The number of hydrogen-bond donors (Lipinski definition) is 0. The van der Waals surface area contributed by atoms with Gasteiger partial charge in [0.1, 0.15) is 6.10 Å². The highest BCUT2D eigenvalue weighted by atomic mass is 28.4. The molecule has 1 atom stereocenters. The monoisotopic (exact) mass is 508 g/mol. The van der Waals surface area contributed by atoms with Gasteiger partial charge in [0.2, 0.25) is 6.29 Å². The maximum atomic E-state index is 12.8. The van der Waals surface area contributed by atoms with Gasteiger partial charge >= 0.3 is 0 Å². The summed E-state index contributed by atoms with van der Waals surface area (Å²) in [6, 6.07) is 21.1. The van der Waals surface area contributed by atoms with Crippen LogP contribution in [0.5, 0.6) is 0 Å². The molecule has 2 aromatic carbocycles. The van der Waals surface area contributed by atoms with Gasteiger partial charge in [-0.2, -0.15) is 0 Å². The topological polar surface area (TPSA) is 44.8 Å². The molecule has 0 heterocycles. The lowest BCUT2D eigenvalue weighted by atomic mass is 10.1. The molecule has 0 radical (unpaired) electrons. The van der Waals surface area contributed by atoms with Gasteiger partial charge in [-0.3, -0.25) is 4.79 Å². The van der Waals surface area contributed by atoms with Crippen LogP contribution in [0.3, 0.4) is 0 Å². The van der Waals surface area contributed by atoms with E-state index in [1.165, 1.54) is 16.8 Å². The van der Waals surface area contributed by atoms with Gasteiger partial charge in [-0.1, -0.05) is 114 Å². The van der Waals surface area contributed by atoms with Crippen molar-refractivity contribution in [2.24, 2.45) is 0 Å². The highest BCUT2D eigenvalue weighted by Gasteiger charge is 2.51. The van der Waals surface area contributed by atoms with Crippen molar-refractivity contribution in [3.05, 3.63) is 60.7 Å². The lowest BCUT2D eigenvalue weighted by molar-refractivity contribution is -0.162. The number of carbonyl (C=O) groups excluding carboxylic acids is 1. The molecule has 36 heavy (non-hydrogen) atoms. The Morgan fingerprint density at radius 3 is 1.81 bits per heavy atom. The van der Waals surface area contributed by atoms with Crippen LogP contribution in [-0.2, 0) is 18.7 Å². The van der Waals surface area contributed by atoms with E-state index in [0.717, 1.165) is 25.7 Å². The van der Waals surface area contributed by atoms with Crippen LogP contribution in [0.2, 0.25) is 5.04 Å². The van der Waals surface area contributed by atoms with Gasteiger partial charge in [-0.15, -0.1) is 0 Å². The molecule has 1 unspecified atom stereocenters. The second-order valence-electron chi connectivity index (χ2n) is 10.00. The van der Waals surface area contributed by atoms with E-state index in [9.17, 15) is 4.79 Å². The zero-order valence-corrected chi connectivity index (χ0v) is 24.0. The van der Waals surface area contributed by atoms with Gasteiger partial charge in [-0.25, -0.2) is 0 Å². The first kappa shape index (κ1) is 30.0. The third kappa shape index (κ3) is 8.14. The van der Waals surface area contributed by atoms with E-state index >= 15 is 0 Å². The molecule has 0 spiro atoms. The molecule has 0 aliphatic heterocycles. The van der Waals surface area contributed by atoms with Crippen molar-refractivity contribution in [2.75, 3.05) is 13.2 Å². The molecule has 5 heteroatoms. The van der Waals surface area contributed by atoms with Crippen molar-refractivity contribution in [1.29, 1.82) is 0 Å². The molecular formula is C31H44O4Si. The number of hydrogen-bond acceptors (Lipinski definition) is 4. The number of carbonyl (C=O) groups is 1. The summed E-state index contributed by atoms with van der Waals surface area (Å²) in [6.07, 6.45) is 3.90. The number of Topliss-reactive ketones (excluding diaryl/α,β-unsaturated/α-hetero) is 1. The first-order valence-electron chi connectivity index (χ1n) is 13.4. The summed E-state index contributed by atoms with van der Waals surface area (Å²) in [7, 11) is -2.79. The number of benzene rings is 2. The van der Waals surface area contributed by atoms with Gasteiger partial charge in [-0.05, 0) is 48.0 Å². The average molecular weight is 509 g/mol. The minimum atomic E-state index is -2.79. The van der Waals surface area contributed by atoms with Crippen molar-refractivity contribution in [3.8, 4) is 11.8 Å². The number of ether oxygens (including phenoxy) is 2. The third-order valence-electron chi connectivity index (χ3n) is 6.26. The Morgan fingerprint density at radius 1 is 0.833 bits per heavy atom. The summed E-state index contributed by atoms with van der Waals surface area (Å²) in [5.41, 5.74) is 0. The fourth-order valence-corrected chi connectivity index (χ4v) is 9.15. The van der Waals surface area contributed by atoms with Crippen LogP contribution in [-0.4, -0.2) is 39.7 Å². The molecular weight excluding hydrogens is 464 g/mol. The largest absolute Gasteiger partial charge is 0.394 e. The minimum absolute atomic E-state index is 0.164. The predicted molar refractivity (Wildman–Crippen MR) is 151 cm³/mol. The average Bonchev–Trinajstić information content (AvgIpc) is 2.87. The Hall–Kier alpha value is -2.23.